The smallest absolute Gasteiger partial charge is 0.301 e. The fraction of sp³-hybridized carbons (Fsp3) is 0.0800. The van der Waals surface area contributed by atoms with Crippen molar-refractivity contribution < 1.29 is 14.7 Å². The molecule has 1 aliphatic rings. The van der Waals surface area contributed by atoms with Crippen LogP contribution in [0.25, 0.3) is 16.0 Å². The number of hydrogen-bond acceptors (Lipinski definition) is 5. The highest BCUT2D eigenvalue weighted by molar-refractivity contribution is 7.22. The van der Waals surface area contributed by atoms with Crippen LogP contribution in [0.1, 0.15) is 22.7 Å². The van der Waals surface area contributed by atoms with Crippen LogP contribution >= 0.6 is 34.5 Å². The lowest BCUT2D eigenvalue weighted by atomic mass is 9.95. The molecular weight excluding hydrogens is 479 g/mol. The second kappa shape index (κ2) is 8.30. The van der Waals surface area contributed by atoms with Crippen molar-refractivity contribution in [1.82, 2.24) is 4.98 Å². The molecule has 33 heavy (non-hydrogen) atoms. The Kier molecular flexibility index (Phi) is 5.44. The number of aliphatic hydroxyl groups excluding tert-OH is 1. The Labute approximate surface area is 203 Å². The maximum absolute atomic E-state index is 13.3. The molecule has 0 bridgehead atoms. The standard InChI is InChI=1S/C25H16Cl2N2O3S/c1-13-7-10-18-19(11-13)33-25(28-18)29-21(15-8-9-16(26)17(27)12-15)20(23(31)24(29)32)22(30)14-5-3-2-4-6-14/h2-12,21,30H,1H3/b22-20+. The molecule has 3 aromatic carbocycles. The molecule has 1 unspecified atom stereocenters. The Morgan fingerprint density at radius 2 is 1.76 bits per heavy atom. The number of ketones is 1. The van der Waals surface area contributed by atoms with Crippen molar-refractivity contribution in [3.05, 3.63) is 99.0 Å². The molecule has 0 spiro atoms. The van der Waals surface area contributed by atoms with Crippen LogP contribution in [0.2, 0.25) is 10.0 Å². The molecule has 8 heteroatoms. The highest BCUT2D eigenvalue weighted by atomic mass is 35.5. The zero-order chi connectivity index (χ0) is 23.3. The number of fused-ring (bicyclic) bond motifs is 1. The number of carbonyl (C=O) groups excluding carboxylic acids is 2. The van der Waals surface area contributed by atoms with E-state index in [0.29, 0.717) is 21.3 Å². The maximum atomic E-state index is 13.3. The van der Waals surface area contributed by atoms with E-state index in [1.165, 1.54) is 16.2 Å². The van der Waals surface area contributed by atoms with E-state index in [2.05, 4.69) is 4.98 Å². The minimum Gasteiger partial charge on any atom is -0.507 e. The van der Waals surface area contributed by atoms with Gasteiger partial charge in [0.1, 0.15) is 5.76 Å². The van der Waals surface area contributed by atoms with Crippen LogP contribution in [-0.2, 0) is 9.59 Å². The van der Waals surface area contributed by atoms with E-state index in [1.54, 1.807) is 48.5 Å². The second-order valence-corrected chi connectivity index (χ2v) is 9.50. The summed E-state index contributed by atoms with van der Waals surface area (Å²) in [5.74, 6) is -1.81. The van der Waals surface area contributed by atoms with Gasteiger partial charge in [-0.25, -0.2) is 4.98 Å². The molecule has 1 atom stereocenters. The number of halogens is 2. The number of aliphatic hydroxyl groups is 1. The molecule has 1 aliphatic heterocycles. The zero-order valence-corrected chi connectivity index (χ0v) is 19.6. The van der Waals surface area contributed by atoms with Crippen LogP contribution in [0.15, 0.2) is 72.3 Å². The summed E-state index contributed by atoms with van der Waals surface area (Å²) in [6.07, 6.45) is 0. The van der Waals surface area contributed by atoms with Gasteiger partial charge in [-0.05, 0) is 42.3 Å². The highest BCUT2D eigenvalue weighted by Crippen LogP contribution is 2.45. The summed E-state index contributed by atoms with van der Waals surface area (Å²) in [6.45, 7) is 1.97. The minimum absolute atomic E-state index is 0.0278. The first-order chi connectivity index (χ1) is 15.8. The molecule has 2 heterocycles. The molecule has 1 N–H and O–H groups in total. The van der Waals surface area contributed by atoms with Crippen LogP contribution in [0.5, 0.6) is 0 Å². The Hall–Kier alpha value is -3.19. The van der Waals surface area contributed by atoms with Crippen molar-refractivity contribution in [2.45, 2.75) is 13.0 Å². The van der Waals surface area contributed by atoms with Gasteiger partial charge < -0.3 is 5.11 Å². The normalized spacial score (nSPS) is 17.8. The SMILES string of the molecule is Cc1ccc2nc(N3C(=O)C(=O)/C(=C(/O)c4ccccc4)C3c3ccc(Cl)c(Cl)c3)sc2c1. The van der Waals surface area contributed by atoms with Crippen LogP contribution in [-0.4, -0.2) is 21.8 Å². The minimum atomic E-state index is -0.915. The van der Waals surface area contributed by atoms with Gasteiger partial charge in [0.2, 0.25) is 0 Å². The summed E-state index contributed by atoms with van der Waals surface area (Å²) in [5.41, 5.74) is 2.72. The first-order valence-electron chi connectivity index (χ1n) is 10.0. The molecule has 0 saturated carbocycles. The van der Waals surface area contributed by atoms with Crippen molar-refractivity contribution in [2.75, 3.05) is 4.90 Å². The third-order valence-electron chi connectivity index (χ3n) is 5.49. The summed E-state index contributed by atoms with van der Waals surface area (Å²) in [6, 6.07) is 18.4. The van der Waals surface area contributed by atoms with E-state index in [0.717, 1.165) is 15.8 Å². The number of amides is 1. The summed E-state index contributed by atoms with van der Waals surface area (Å²) in [4.78, 5) is 32.4. The Morgan fingerprint density at radius 1 is 1.00 bits per heavy atom. The zero-order valence-electron chi connectivity index (χ0n) is 17.3. The number of Topliss-reactive ketones (excluding diaryl/α,β-unsaturated/α-hetero) is 1. The summed E-state index contributed by atoms with van der Waals surface area (Å²) < 4.78 is 0.892. The maximum Gasteiger partial charge on any atom is 0.301 e. The van der Waals surface area contributed by atoms with Crippen LogP contribution in [0.4, 0.5) is 5.13 Å². The quantitative estimate of drug-likeness (QED) is 0.199. The van der Waals surface area contributed by atoms with Crippen LogP contribution in [0.3, 0.4) is 0 Å². The lowest BCUT2D eigenvalue weighted by Gasteiger charge is -2.23. The number of anilines is 1. The number of benzene rings is 3. The Morgan fingerprint density at radius 3 is 2.48 bits per heavy atom. The Bertz CT molecular complexity index is 1460. The van der Waals surface area contributed by atoms with E-state index in [4.69, 9.17) is 23.2 Å². The van der Waals surface area contributed by atoms with Gasteiger partial charge in [0, 0.05) is 5.56 Å². The van der Waals surface area contributed by atoms with Gasteiger partial charge in [-0.3, -0.25) is 14.5 Å². The van der Waals surface area contributed by atoms with Gasteiger partial charge in [-0.15, -0.1) is 0 Å². The molecule has 1 fully saturated rings. The number of aromatic nitrogens is 1. The summed E-state index contributed by atoms with van der Waals surface area (Å²) >= 11 is 13.7. The van der Waals surface area contributed by atoms with Crippen molar-refractivity contribution >= 4 is 67.3 Å². The summed E-state index contributed by atoms with van der Waals surface area (Å²) in [7, 11) is 0. The topological polar surface area (TPSA) is 70.5 Å². The van der Waals surface area contributed by atoms with E-state index in [-0.39, 0.29) is 16.4 Å². The molecule has 164 valence electrons. The van der Waals surface area contributed by atoms with E-state index in [1.807, 2.05) is 25.1 Å². The van der Waals surface area contributed by atoms with Crippen LogP contribution in [0, 0.1) is 6.92 Å². The van der Waals surface area contributed by atoms with Crippen molar-refractivity contribution in [2.24, 2.45) is 0 Å². The second-order valence-electron chi connectivity index (χ2n) is 7.68. The predicted molar refractivity (Wildman–Crippen MR) is 132 cm³/mol. The number of hydrogen-bond donors (Lipinski definition) is 1. The van der Waals surface area contributed by atoms with E-state index < -0.39 is 17.7 Å². The van der Waals surface area contributed by atoms with Gasteiger partial charge in [0.25, 0.3) is 5.78 Å². The average molecular weight is 495 g/mol. The van der Waals surface area contributed by atoms with Gasteiger partial charge in [-0.2, -0.15) is 0 Å². The molecule has 1 saturated heterocycles. The Balaban J connectivity index is 1.75. The fourth-order valence-electron chi connectivity index (χ4n) is 3.90. The average Bonchev–Trinajstić information content (AvgIpc) is 3.33. The largest absolute Gasteiger partial charge is 0.507 e. The monoisotopic (exact) mass is 494 g/mol. The van der Waals surface area contributed by atoms with Gasteiger partial charge in [0.15, 0.2) is 5.13 Å². The molecule has 5 rings (SSSR count). The summed E-state index contributed by atoms with van der Waals surface area (Å²) in [5, 5.41) is 12.1. The molecule has 0 radical (unpaired) electrons. The predicted octanol–water partition coefficient (Wildman–Crippen LogP) is 6.54. The van der Waals surface area contributed by atoms with Crippen LogP contribution < -0.4 is 4.90 Å². The number of rotatable bonds is 3. The van der Waals surface area contributed by atoms with Gasteiger partial charge in [-0.1, -0.05) is 77.0 Å². The first kappa shape index (κ1) is 21.6. The third kappa shape index (κ3) is 3.70. The molecule has 0 aliphatic carbocycles. The molecule has 1 aromatic heterocycles. The molecule has 1 amide bonds. The highest BCUT2D eigenvalue weighted by Gasteiger charge is 2.48. The number of nitrogens with zero attached hydrogens (tertiary/aromatic N) is 2. The van der Waals surface area contributed by atoms with Crippen molar-refractivity contribution in [3.63, 3.8) is 0 Å². The fourth-order valence-corrected chi connectivity index (χ4v) is 5.30. The lowest BCUT2D eigenvalue weighted by Crippen LogP contribution is -2.29. The van der Waals surface area contributed by atoms with Crippen molar-refractivity contribution in [3.8, 4) is 0 Å². The van der Waals surface area contributed by atoms with E-state index in [9.17, 15) is 14.7 Å². The lowest BCUT2D eigenvalue weighted by molar-refractivity contribution is -0.132. The number of thiazole rings is 1. The third-order valence-corrected chi connectivity index (χ3v) is 7.25. The molecule has 5 nitrogen and oxygen atoms in total. The first-order valence-corrected chi connectivity index (χ1v) is 11.6. The van der Waals surface area contributed by atoms with Gasteiger partial charge >= 0.3 is 5.91 Å². The number of aryl methyl sites for hydroxylation is 1. The van der Waals surface area contributed by atoms with E-state index >= 15 is 0 Å². The molecule has 4 aromatic rings. The molecular formula is C25H16Cl2N2O3S. The van der Waals surface area contributed by atoms with Crippen molar-refractivity contribution in [1.29, 1.82) is 0 Å². The van der Waals surface area contributed by atoms with Gasteiger partial charge in [0.05, 0.1) is 31.9 Å². The number of carbonyl (C=O) groups is 2.